The van der Waals surface area contributed by atoms with Gasteiger partial charge in [-0.3, -0.25) is 19.3 Å². The zero-order valence-corrected chi connectivity index (χ0v) is 19.7. The van der Waals surface area contributed by atoms with E-state index in [0.29, 0.717) is 29.3 Å². The van der Waals surface area contributed by atoms with Gasteiger partial charge in [0.1, 0.15) is 11.5 Å². The molecule has 0 saturated carbocycles. The highest BCUT2D eigenvalue weighted by Gasteiger charge is 2.40. The second kappa shape index (κ2) is 8.85. The Balaban J connectivity index is 1.17. The summed E-state index contributed by atoms with van der Waals surface area (Å²) in [5, 5.41) is 2.31. The van der Waals surface area contributed by atoms with Crippen molar-refractivity contribution in [1.29, 1.82) is 0 Å². The second-order valence-electron chi connectivity index (χ2n) is 9.49. The van der Waals surface area contributed by atoms with E-state index in [1.807, 2.05) is 30.3 Å². The fraction of sp³-hybridized carbons (Fsp3) is 0.370. The van der Waals surface area contributed by atoms with E-state index < -0.39 is 0 Å². The summed E-state index contributed by atoms with van der Waals surface area (Å²) in [7, 11) is 1.72. The molecule has 4 heterocycles. The molecular formula is C27H28N4O4. The SMILES string of the molecule is COc1cccc2c1[C@@H]1CN(CCCCn3c(=O)[nH]c(=O)c4ccc5cnccc5c43)C[C@@H]1CO2. The molecule has 0 radical (unpaired) electrons. The quantitative estimate of drug-likeness (QED) is 0.343. The van der Waals surface area contributed by atoms with E-state index in [-0.39, 0.29) is 11.2 Å². The maximum absolute atomic E-state index is 12.8. The van der Waals surface area contributed by atoms with Crippen LogP contribution in [0.3, 0.4) is 0 Å². The lowest BCUT2D eigenvalue weighted by atomic mass is 9.86. The van der Waals surface area contributed by atoms with Crippen LogP contribution in [-0.4, -0.2) is 52.8 Å². The van der Waals surface area contributed by atoms with Crippen LogP contribution < -0.4 is 20.7 Å². The van der Waals surface area contributed by atoms with Gasteiger partial charge < -0.3 is 14.4 Å². The summed E-state index contributed by atoms with van der Waals surface area (Å²) in [6.45, 7) is 4.23. The van der Waals surface area contributed by atoms with Gasteiger partial charge in [-0.15, -0.1) is 0 Å². The van der Waals surface area contributed by atoms with Crippen LogP contribution in [-0.2, 0) is 6.54 Å². The van der Waals surface area contributed by atoms with E-state index in [9.17, 15) is 9.59 Å². The molecule has 180 valence electrons. The summed E-state index contributed by atoms with van der Waals surface area (Å²) in [5.41, 5.74) is 1.17. The van der Waals surface area contributed by atoms with Gasteiger partial charge >= 0.3 is 5.69 Å². The van der Waals surface area contributed by atoms with Crippen molar-refractivity contribution in [2.45, 2.75) is 25.3 Å². The van der Waals surface area contributed by atoms with Crippen LogP contribution in [0.25, 0.3) is 21.7 Å². The van der Waals surface area contributed by atoms with Gasteiger partial charge in [0, 0.05) is 60.2 Å². The molecule has 0 bridgehead atoms. The number of likely N-dealkylation sites (tertiary alicyclic amines) is 1. The van der Waals surface area contributed by atoms with E-state index in [2.05, 4.69) is 14.9 Å². The van der Waals surface area contributed by atoms with Gasteiger partial charge in [-0.05, 0) is 43.7 Å². The van der Waals surface area contributed by atoms with Crippen molar-refractivity contribution in [3.05, 3.63) is 75.2 Å². The summed E-state index contributed by atoms with van der Waals surface area (Å²) < 4.78 is 13.4. The van der Waals surface area contributed by atoms with Gasteiger partial charge in [0.2, 0.25) is 0 Å². The minimum absolute atomic E-state index is 0.349. The number of nitrogens with one attached hydrogen (secondary N) is 1. The fourth-order valence-corrected chi connectivity index (χ4v) is 5.81. The Morgan fingerprint density at radius 1 is 1.09 bits per heavy atom. The molecule has 8 nitrogen and oxygen atoms in total. The Morgan fingerprint density at radius 3 is 2.86 bits per heavy atom. The summed E-state index contributed by atoms with van der Waals surface area (Å²) in [6.07, 6.45) is 5.25. The minimum atomic E-state index is -0.361. The Morgan fingerprint density at radius 2 is 1.97 bits per heavy atom. The topological polar surface area (TPSA) is 89.5 Å². The van der Waals surface area contributed by atoms with Gasteiger partial charge in [-0.2, -0.15) is 0 Å². The largest absolute Gasteiger partial charge is 0.496 e. The zero-order chi connectivity index (χ0) is 23.9. The molecule has 0 aliphatic carbocycles. The number of ether oxygens (including phenoxy) is 2. The molecule has 1 fully saturated rings. The lowest BCUT2D eigenvalue weighted by molar-refractivity contribution is 0.209. The van der Waals surface area contributed by atoms with E-state index >= 15 is 0 Å². The van der Waals surface area contributed by atoms with Crippen molar-refractivity contribution < 1.29 is 9.47 Å². The molecule has 4 aromatic rings. The standard InChI is InChI=1S/C27H28N4O4/c1-34-22-5-4-6-23-24(22)21-15-30(14-18(21)16-35-23)11-2-3-12-31-25-19-9-10-28-13-17(19)7-8-20(25)26(32)29-27(31)33/h4-10,13,18,21H,2-3,11-12,14-16H2,1H3,(H,29,32,33)/t18-,21-/m1/s1. The second-order valence-corrected chi connectivity index (χ2v) is 9.49. The number of methoxy groups -OCH3 is 1. The molecule has 2 aromatic carbocycles. The van der Waals surface area contributed by atoms with Crippen molar-refractivity contribution >= 4 is 21.7 Å². The van der Waals surface area contributed by atoms with Crippen LogP contribution in [0.15, 0.2) is 58.4 Å². The van der Waals surface area contributed by atoms with Gasteiger partial charge in [0.05, 0.1) is 24.6 Å². The maximum Gasteiger partial charge on any atom is 0.328 e. The van der Waals surface area contributed by atoms with Crippen LogP contribution in [0.5, 0.6) is 11.5 Å². The summed E-state index contributed by atoms with van der Waals surface area (Å²) in [4.78, 5) is 34.3. The number of aryl methyl sites for hydroxylation is 1. The van der Waals surface area contributed by atoms with Crippen molar-refractivity contribution in [2.75, 3.05) is 33.4 Å². The molecule has 2 atom stereocenters. The van der Waals surface area contributed by atoms with Crippen molar-refractivity contribution in [3.8, 4) is 11.5 Å². The highest BCUT2D eigenvalue weighted by Crippen LogP contribution is 2.46. The molecule has 0 spiro atoms. The smallest absolute Gasteiger partial charge is 0.328 e. The Kier molecular flexibility index (Phi) is 5.53. The average molecular weight is 473 g/mol. The van der Waals surface area contributed by atoms with Crippen LogP contribution in [0.2, 0.25) is 0 Å². The number of hydrogen-bond acceptors (Lipinski definition) is 6. The number of H-pyrrole nitrogens is 1. The highest BCUT2D eigenvalue weighted by atomic mass is 16.5. The van der Waals surface area contributed by atoms with Crippen molar-refractivity contribution in [3.63, 3.8) is 0 Å². The third-order valence-electron chi connectivity index (χ3n) is 7.46. The molecule has 1 saturated heterocycles. The predicted octanol–water partition coefficient (Wildman–Crippen LogP) is 3.13. The molecule has 0 amide bonds. The number of aromatic nitrogens is 3. The van der Waals surface area contributed by atoms with Gasteiger partial charge in [-0.25, -0.2) is 4.79 Å². The van der Waals surface area contributed by atoms with E-state index in [0.717, 1.165) is 61.4 Å². The first-order chi connectivity index (χ1) is 17.1. The predicted molar refractivity (Wildman–Crippen MR) is 135 cm³/mol. The summed E-state index contributed by atoms with van der Waals surface area (Å²) >= 11 is 0. The lowest BCUT2D eigenvalue weighted by Crippen LogP contribution is -2.31. The number of unbranched alkanes of at least 4 members (excludes halogenated alkanes) is 1. The molecule has 6 rings (SSSR count). The number of aromatic amines is 1. The Labute approximate surface area is 202 Å². The molecule has 2 aromatic heterocycles. The van der Waals surface area contributed by atoms with E-state index in [1.54, 1.807) is 30.1 Å². The summed E-state index contributed by atoms with van der Waals surface area (Å²) in [5.74, 6) is 2.73. The Bertz CT molecular complexity index is 1510. The normalized spacial score (nSPS) is 19.5. The number of hydrogen-bond donors (Lipinski definition) is 1. The zero-order valence-electron chi connectivity index (χ0n) is 19.7. The van der Waals surface area contributed by atoms with Gasteiger partial charge in [0.25, 0.3) is 5.56 Å². The first-order valence-electron chi connectivity index (χ1n) is 12.2. The van der Waals surface area contributed by atoms with Crippen LogP contribution >= 0.6 is 0 Å². The van der Waals surface area contributed by atoms with Crippen molar-refractivity contribution in [2.24, 2.45) is 5.92 Å². The number of benzene rings is 2. The van der Waals surface area contributed by atoms with Crippen molar-refractivity contribution in [1.82, 2.24) is 19.4 Å². The minimum Gasteiger partial charge on any atom is -0.496 e. The molecule has 2 aliphatic rings. The first kappa shape index (κ1) is 21.9. The summed E-state index contributed by atoms with van der Waals surface area (Å²) in [6, 6.07) is 11.5. The van der Waals surface area contributed by atoms with Gasteiger partial charge in [0.15, 0.2) is 0 Å². The molecule has 1 N–H and O–H groups in total. The first-order valence-corrected chi connectivity index (χ1v) is 12.2. The maximum atomic E-state index is 12.8. The molecular weight excluding hydrogens is 444 g/mol. The number of rotatable bonds is 6. The van der Waals surface area contributed by atoms with E-state index in [1.165, 1.54) is 5.56 Å². The average Bonchev–Trinajstić information content (AvgIpc) is 3.30. The van der Waals surface area contributed by atoms with E-state index in [4.69, 9.17) is 9.47 Å². The number of pyridine rings is 1. The molecule has 2 aliphatic heterocycles. The highest BCUT2D eigenvalue weighted by molar-refractivity contribution is 6.04. The molecule has 35 heavy (non-hydrogen) atoms. The number of fused-ring (bicyclic) bond motifs is 6. The van der Waals surface area contributed by atoms with Crippen LogP contribution in [0, 0.1) is 5.92 Å². The third kappa shape index (κ3) is 3.78. The van der Waals surface area contributed by atoms with Gasteiger partial charge in [-0.1, -0.05) is 12.1 Å². The molecule has 0 unspecified atom stereocenters. The number of nitrogens with zero attached hydrogens (tertiary/aromatic N) is 3. The van der Waals surface area contributed by atoms with Crippen LogP contribution in [0.1, 0.15) is 24.3 Å². The molecule has 8 heteroatoms. The third-order valence-corrected chi connectivity index (χ3v) is 7.46. The lowest BCUT2D eigenvalue weighted by Gasteiger charge is -2.29. The fourth-order valence-electron chi connectivity index (χ4n) is 5.81. The Hall–Kier alpha value is -3.65. The van der Waals surface area contributed by atoms with Crippen LogP contribution in [0.4, 0.5) is 0 Å². The monoisotopic (exact) mass is 472 g/mol.